The van der Waals surface area contributed by atoms with Gasteiger partial charge in [-0.2, -0.15) is 0 Å². The minimum Gasteiger partial charge on any atom is -0.469 e. The van der Waals surface area contributed by atoms with E-state index in [2.05, 4.69) is 15.9 Å². The van der Waals surface area contributed by atoms with Crippen LogP contribution in [0.2, 0.25) is 0 Å². The van der Waals surface area contributed by atoms with Crippen LogP contribution in [0, 0.1) is 11.6 Å². The summed E-state index contributed by atoms with van der Waals surface area (Å²) in [5, 5.41) is 0. The maximum absolute atomic E-state index is 13.6. The van der Waals surface area contributed by atoms with Crippen molar-refractivity contribution in [2.75, 3.05) is 0 Å². The second-order valence-electron chi connectivity index (χ2n) is 3.67. The van der Waals surface area contributed by atoms with Crippen molar-refractivity contribution < 1.29 is 13.2 Å². The highest BCUT2D eigenvalue weighted by Gasteiger charge is 2.18. The Labute approximate surface area is 106 Å². The van der Waals surface area contributed by atoms with Crippen molar-refractivity contribution >= 4 is 15.9 Å². The molecule has 17 heavy (non-hydrogen) atoms. The third-order valence-electron chi connectivity index (χ3n) is 2.42. The van der Waals surface area contributed by atoms with E-state index < -0.39 is 17.7 Å². The van der Waals surface area contributed by atoms with Crippen LogP contribution >= 0.6 is 15.9 Å². The zero-order valence-corrected chi connectivity index (χ0v) is 10.4. The van der Waals surface area contributed by atoms with Gasteiger partial charge < -0.3 is 10.2 Å². The van der Waals surface area contributed by atoms with E-state index >= 15 is 0 Å². The molecule has 1 atom stereocenters. The summed E-state index contributed by atoms with van der Waals surface area (Å²) in [6.07, 6.45) is 1.75. The quantitative estimate of drug-likeness (QED) is 0.941. The van der Waals surface area contributed by atoms with E-state index in [1.807, 2.05) is 0 Å². The highest BCUT2D eigenvalue weighted by molar-refractivity contribution is 9.10. The second kappa shape index (κ2) is 4.98. The Morgan fingerprint density at radius 3 is 2.47 bits per heavy atom. The van der Waals surface area contributed by atoms with Gasteiger partial charge in [0, 0.05) is 22.5 Å². The van der Waals surface area contributed by atoms with Crippen molar-refractivity contribution in [3.05, 3.63) is 58.0 Å². The topological polar surface area (TPSA) is 39.2 Å². The zero-order valence-electron chi connectivity index (χ0n) is 8.79. The monoisotopic (exact) mass is 301 g/mol. The average molecular weight is 302 g/mol. The van der Waals surface area contributed by atoms with E-state index in [4.69, 9.17) is 10.2 Å². The van der Waals surface area contributed by atoms with Gasteiger partial charge in [0.05, 0.1) is 6.26 Å². The Hall–Kier alpha value is -1.20. The van der Waals surface area contributed by atoms with Gasteiger partial charge in [-0.1, -0.05) is 15.9 Å². The van der Waals surface area contributed by atoms with Crippen molar-refractivity contribution in [2.45, 2.75) is 12.5 Å². The lowest BCUT2D eigenvalue weighted by atomic mass is 10.0. The number of hydrogen-bond acceptors (Lipinski definition) is 2. The minimum atomic E-state index is -0.769. The molecule has 2 aromatic rings. The zero-order chi connectivity index (χ0) is 12.4. The van der Waals surface area contributed by atoms with Crippen LogP contribution in [0.25, 0.3) is 0 Å². The summed E-state index contributed by atoms with van der Waals surface area (Å²) in [5.41, 5.74) is 5.66. The highest BCUT2D eigenvalue weighted by Crippen LogP contribution is 2.25. The van der Waals surface area contributed by atoms with E-state index in [9.17, 15) is 8.78 Å². The first-order chi connectivity index (χ1) is 8.08. The standard InChI is InChI=1S/C12H10BrF2NO/c13-7-4-9(14)12(10(15)5-7)11(16)6-8-2-1-3-17-8/h1-5,11H,6,16H2. The highest BCUT2D eigenvalue weighted by atomic mass is 79.9. The van der Waals surface area contributed by atoms with Crippen LogP contribution in [-0.2, 0) is 6.42 Å². The lowest BCUT2D eigenvalue weighted by molar-refractivity contribution is 0.468. The van der Waals surface area contributed by atoms with Gasteiger partial charge in [-0.05, 0) is 24.3 Å². The number of hydrogen-bond donors (Lipinski definition) is 1. The molecule has 2 nitrogen and oxygen atoms in total. The van der Waals surface area contributed by atoms with Gasteiger partial charge in [0.25, 0.3) is 0 Å². The van der Waals surface area contributed by atoms with Crippen LogP contribution in [0.1, 0.15) is 17.4 Å². The predicted octanol–water partition coefficient (Wildman–Crippen LogP) is 3.56. The third kappa shape index (κ3) is 2.73. The van der Waals surface area contributed by atoms with Crippen LogP contribution in [0.15, 0.2) is 39.4 Å². The molecule has 2 N–H and O–H groups in total. The largest absolute Gasteiger partial charge is 0.469 e. The maximum Gasteiger partial charge on any atom is 0.132 e. The smallest absolute Gasteiger partial charge is 0.132 e. The summed E-state index contributed by atoms with van der Waals surface area (Å²) in [7, 11) is 0. The molecule has 1 aromatic carbocycles. The third-order valence-corrected chi connectivity index (χ3v) is 2.87. The van der Waals surface area contributed by atoms with Gasteiger partial charge >= 0.3 is 0 Å². The van der Waals surface area contributed by atoms with Crippen molar-refractivity contribution in [2.24, 2.45) is 5.73 Å². The second-order valence-corrected chi connectivity index (χ2v) is 4.59. The average Bonchev–Trinajstić information content (AvgIpc) is 2.68. The molecule has 1 heterocycles. The van der Waals surface area contributed by atoms with E-state index in [0.717, 1.165) is 0 Å². The summed E-state index contributed by atoms with van der Waals surface area (Å²) >= 11 is 3.02. The lowest BCUT2D eigenvalue weighted by Crippen LogP contribution is -2.16. The summed E-state index contributed by atoms with van der Waals surface area (Å²) in [4.78, 5) is 0. The van der Waals surface area contributed by atoms with E-state index in [1.54, 1.807) is 12.1 Å². The normalized spacial score (nSPS) is 12.7. The predicted molar refractivity (Wildman–Crippen MR) is 63.4 cm³/mol. The molecular formula is C12H10BrF2NO. The lowest BCUT2D eigenvalue weighted by Gasteiger charge is -2.13. The Morgan fingerprint density at radius 1 is 1.29 bits per heavy atom. The fraction of sp³-hybridized carbons (Fsp3) is 0.167. The van der Waals surface area contributed by atoms with Crippen molar-refractivity contribution in [1.29, 1.82) is 0 Å². The van der Waals surface area contributed by atoms with Gasteiger partial charge in [-0.25, -0.2) is 8.78 Å². The van der Waals surface area contributed by atoms with E-state index in [1.165, 1.54) is 18.4 Å². The fourth-order valence-corrected chi connectivity index (χ4v) is 2.06. The first kappa shape index (κ1) is 12.3. The molecule has 0 saturated carbocycles. The molecular weight excluding hydrogens is 292 g/mol. The van der Waals surface area contributed by atoms with E-state index in [-0.39, 0.29) is 12.0 Å². The molecule has 0 aliphatic carbocycles. The Kier molecular flexibility index (Phi) is 3.59. The molecule has 0 aliphatic heterocycles. The summed E-state index contributed by atoms with van der Waals surface area (Å²) < 4.78 is 32.7. The maximum atomic E-state index is 13.6. The van der Waals surface area contributed by atoms with Gasteiger partial charge in [-0.15, -0.1) is 0 Å². The molecule has 0 spiro atoms. The minimum absolute atomic E-state index is 0.121. The molecule has 0 amide bonds. The Morgan fingerprint density at radius 2 is 1.94 bits per heavy atom. The molecule has 2 rings (SSSR count). The molecule has 0 bridgehead atoms. The van der Waals surface area contributed by atoms with Crippen LogP contribution in [0.4, 0.5) is 8.78 Å². The molecule has 0 radical (unpaired) electrons. The van der Waals surface area contributed by atoms with Gasteiger partial charge in [0.2, 0.25) is 0 Å². The first-order valence-corrected chi connectivity index (χ1v) is 5.79. The first-order valence-electron chi connectivity index (χ1n) is 5.00. The van der Waals surface area contributed by atoms with Crippen molar-refractivity contribution in [3.8, 4) is 0 Å². The SMILES string of the molecule is NC(Cc1ccco1)c1c(F)cc(Br)cc1F. The number of halogens is 3. The van der Waals surface area contributed by atoms with Crippen molar-refractivity contribution in [1.82, 2.24) is 0 Å². The molecule has 0 saturated heterocycles. The van der Waals surface area contributed by atoms with Gasteiger partial charge in [0.1, 0.15) is 17.4 Å². The van der Waals surface area contributed by atoms with Crippen LogP contribution < -0.4 is 5.73 Å². The molecule has 1 aromatic heterocycles. The molecule has 5 heteroatoms. The number of rotatable bonds is 3. The van der Waals surface area contributed by atoms with Gasteiger partial charge in [-0.3, -0.25) is 0 Å². The summed E-state index contributed by atoms with van der Waals surface area (Å²) in [6, 6.07) is 5.04. The van der Waals surface area contributed by atoms with Crippen molar-refractivity contribution in [3.63, 3.8) is 0 Å². The van der Waals surface area contributed by atoms with Crippen LogP contribution in [-0.4, -0.2) is 0 Å². The Balaban J connectivity index is 2.27. The molecule has 0 fully saturated rings. The summed E-state index contributed by atoms with van der Waals surface area (Å²) in [6.45, 7) is 0. The van der Waals surface area contributed by atoms with E-state index in [0.29, 0.717) is 10.2 Å². The summed E-state index contributed by atoms with van der Waals surface area (Å²) in [5.74, 6) is -0.717. The Bertz CT molecular complexity index is 490. The van der Waals surface area contributed by atoms with Crippen LogP contribution in [0.3, 0.4) is 0 Å². The van der Waals surface area contributed by atoms with Crippen LogP contribution in [0.5, 0.6) is 0 Å². The number of benzene rings is 1. The molecule has 90 valence electrons. The number of furan rings is 1. The number of nitrogens with two attached hydrogens (primary N) is 1. The molecule has 1 unspecified atom stereocenters. The van der Waals surface area contributed by atoms with Gasteiger partial charge in [0.15, 0.2) is 0 Å². The fourth-order valence-electron chi connectivity index (χ4n) is 1.66. The molecule has 0 aliphatic rings.